The topological polar surface area (TPSA) is 58.1 Å². The molecule has 0 bridgehead atoms. The summed E-state index contributed by atoms with van der Waals surface area (Å²) < 4.78 is 0. The predicted octanol–water partition coefficient (Wildman–Crippen LogP) is 5.99. The van der Waals surface area contributed by atoms with E-state index in [1.165, 1.54) is 17.3 Å². The van der Waals surface area contributed by atoms with Crippen LogP contribution in [0.25, 0.3) is 0 Å². The van der Waals surface area contributed by atoms with E-state index in [9.17, 15) is 4.79 Å². The van der Waals surface area contributed by atoms with Crippen LogP contribution in [0.5, 0.6) is 0 Å². The van der Waals surface area contributed by atoms with Gasteiger partial charge >= 0.3 is 0 Å². The fourth-order valence-electron chi connectivity index (χ4n) is 3.36. The molecule has 1 heterocycles. The maximum Gasteiger partial charge on any atom is 0.251 e. The summed E-state index contributed by atoms with van der Waals surface area (Å²) in [5.41, 5.74) is 3.97. The fourth-order valence-corrected chi connectivity index (χ4v) is 4.40. The van der Waals surface area contributed by atoms with E-state index >= 15 is 0 Å². The first kappa shape index (κ1) is 23.8. The van der Waals surface area contributed by atoms with E-state index in [2.05, 4.69) is 32.3 Å². The van der Waals surface area contributed by atoms with Crippen LogP contribution in [0.2, 0.25) is 5.15 Å². The number of rotatable bonds is 9. The summed E-state index contributed by atoms with van der Waals surface area (Å²) in [6.45, 7) is 1.23. The first-order valence-corrected chi connectivity index (χ1v) is 12.3. The summed E-state index contributed by atoms with van der Waals surface area (Å²) in [6.07, 6.45) is 0. The van der Waals surface area contributed by atoms with Gasteiger partial charge in [0.2, 0.25) is 0 Å². The molecule has 5 nitrogen and oxygen atoms in total. The molecule has 0 saturated heterocycles. The molecule has 0 radical (unpaired) electrons. The third-order valence-electron chi connectivity index (χ3n) is 5.19. The first-order chi connectivity index (χ1) is 16.6. The van der Waals surface area contributed by atoms with E-state index in [0.717, 1.165) is 23.5 Å². The summed E-state index contributed by atoms with van der Waals surface area (Å²) in [5.74, 6) is 1.36. The minimum absolute atomic E-state index is 0.0904. The number of carbonyl (C=O) groups is 1. The number of carbonyl (C=O) groups excluding carboxylic acids is 1. The highest BCUT2D eigenvalue weighted by atomic mass is 35.5. The normalized spacial score (nSPS) is 10.6. The Labute approximate surface area is 209 Å². The smallest absolute Gasteiger partial charge is 0.251 e. The van der Waals surface area contributed by atoms with Crippen LogP contribution in [-0.4, -0.2) is 22.9 Å². The Morgan fingerprint density at radius 3 is 2.21 bits per heavy atom. The van der Waals surface area contributed by atoms with Gasteiger partial charge in [-0.3, -0.25) is 4.79 Å². The average molecular weight is 489 g/mol. The first-order valence-electron chi connectivity index (χ1n) is 10.9. The zero-order valence-corrected chi connectivity index (χ0v) is 20.4. The number of amides is 1. The van der Waals surface area contributed by atoms with E-state index in [-0.39, 0.29) is 5.91 Å². The maximum absolute atomic E-state index is 12.4. The monoisotopic (exact) mass is 488 g/mol. The highest BCUT2D eigenvalue weighted by Gasteiger charge is 2.10. The van der Waals surface area contributed by atoms with E-state index in [4.69, 9.17) is 11.6 Å². The fraction of sp³-hybridized carbons (Fsp3) is 0.148. The van der Waals surface area contributed by atoms with Gasteiger partial charge in [0.05, 0.1) is 0 Å². The molecule has 1 amide bonds. The van der Waals surface area contributed by atoms with Crippen molar-refractivity contribution in [3.63, 3.8) is 0 Å². The molecule has 1 N–H and O–H groups in total. The second-order valence-corrected chi connectivity index (χ2v) is 9.16. The van der Waals surface area contributed by atoms with Crippen molar-refractivity contribution >= 4 is 35.1 Å². The van der Waals surface area contributed by atoms with Crippen LogP contribution >= 0.6 is 23.4 Å². The summed E-state index contributed by atoms with van der Waals surface area (Å²) in [5, 5.41) is 3.98. The van der Waals surface area contributed by atoms with Crippen LogP contribution < -0.4 is 10.2 Å². The van der Waals surface area contributed by atoms with E-state index < -0.39 is 0 Å². The standard InChI is InChI=1S/C27H25ClN4OS/c1-32(18-21-10-6-3-7-11-21)25-16-24(28)30-27(31-25)34-19-22-12-14-23(15-13-22)26(33)29-17-20-8-4-2-5-9-20/h2-16H,17-19H2,1H3,(H,29,33). The van der Waals surface area contributed by atoms with Crippen molar-refractivity contribution in [2.75, 3.05) is 11.9 Å². The van der Waals surface area contributed by atoms with E-state index in [1.807, 2.05) is 79.8 Å². The van der Waals surface area contributed by atoms with Crippen molar-refractivity contribution in [3.8, 4) is 0 Å². The molecule has 0 saturated carbocycles. The van der Waals surface area contributed by atoms with Crippen molar-refractivity contribution in [1.29, 1.82) is 0 Å². The van der Waals surface area contributed by atoms with Gasteiger partial charge in [-0.25, -0.2) is 9.97 Å². The molecule has 172 valence electrons. The van der Waals surface area contributed by atoms with Crippen LogP contribution in [0.1, 0.15) is 27.0 Å². The number of benzene rings is 3. The lowest BCUT2D eigenvalue weighted by atomic mass is 10.1. The lowest BCUT2D eigenvalue weighted by molar-refractivity contribution is 0.0951. The van der Waals surface area contributed by atoms with Gasteiger partial charge in [0.25, 0.3) is 5.91 Å². The minimum Gasteiger partial charge on any atom is -0.355 e. The largest absolute Gasteiger partial charge is 0.355 e. The van der Waals surface area contributed by atoms with Gasteiger partial charge in [-0.15, -0.1) is 0 Å². The Kier molecular flexibility index (Phi) is 8.17. The van der Waals surface area contributed by atoms with Gasteiger partial charge < -0.3 is 10.2 Å². The summed E-state index contributed by atoms with van der Waals surface area (Å²) in [6, 6.07) is 29.4. The molecule has 7 heteroatoms. The number of nitrogens with one attached hydrogen (secondary N) is 1. The van der Waals surface area contributed by atoms with Gasteiger partial charge in [0.15, 0.2) is 5.16 Å². The van der Waals surface area contributed by atoms with Crippen molar-refractivity contribution in [2.24, 2.45) is 0 Å². The van der Waals surface area contributed by atoms with Gasteiger partial charge in [-0.05, 0) is 28.8 Å². The van der Waals surface area contributed by atoms with E-state index in [1.54, 1.807) is 6.07 Å². The van der Waals surface area contributed by atoms with E-state index in [0.29, 0.717) is 28.2 Å². The molecule has 0 unspecified atom stereocenters. The molecule has 0 fully saturated rings. The van der Waals surface area contributed by atoms with Gasteiger partial charge in [0, 0.05) is 37.5 Å². The zero-order chi connectivity index (χ0) is 23.8. The van der Waals surface area contributed by atoms with Crippen molar-refractivity contribution in [1.82, 2.24) is 15.3 Å². The van der Waals surface area contributed by atoms with Gasteiger partial charge in [-0.2, -0.15) is 0 Å². The third kappa shape index (κ3) is 6.83. The van der Waals surface area contributed by atoms with Crippen molar-refractivity contribution in [2.45, 2.75) is 24.0 Å². The average Bonchev–Trinajstić information content (AvgIpc) is 2.87. The number of thioether (sulfide) groups is 1. The third-order valence-corrected chi connectivity index (χ3v) is 6.31. The lowest BCUT2D eigenvalue weighted by Gasteiger charge is -2.19. The summed E-state index contributed by atoms with van der Waals surface area (Å²) in [4.78, 5) is 23.5. The number of hydrogen-bond acceptors (Lipinski definition) is 5. The highest BCUT2D eigenvalue weighted by Crippen LogP contribution is 2.25. The van der Waals surface area contributed by atoms with Crippen LogP contribution in [0.4, 0.5) is 5.82 Å². The molecule has 34 heavy (non-hydrogen) atoms. The molecule has 4 rings (SSSR count). The van der Waals surface area contributed by atoms with Crippen molar-refractivity contribution < 1.29 is 4.79 Å². The lowest BCUT2D eigenvalue weighted by Crippen LogP contribution is -2.22. The summed E-state index contributed by atoms with van der Waals surface area (Å²) in [7, 11) is 1.99. The maximum atomic E-state index is 12.4. The Bertz CT molecular complexity index is 1220. The minimum atomic E-state index is -0.0904. The van der Waals surface area contributed by atoms with Crippen molar-refractivity contribution in [3.05, 3.63) is 118 Å². The molecule has 0 aliphatic rings. The Balaban J connectivity index is 1.33. The molecule has 0 aliphatic heterocycles. The molecule has 0 atom stereocenters. The van der Waals surface area contributed by atoms with Gasteiger partial charge in [0.1, 0.15) is 11.0 Å². The molecule has 4 aromatic rings. The summed E-state index contributed by atoms with van der Waals surface area (Å²) >= 11 is 7.79. The molecular formula is C27H25ClN4OS. The quantitative estimate of drug-likeness (QED) is 0.178. The van der Waals surface area contributed by atoms with Crippen LogP contribution in [0, 0.1) is 0 Å². The number of hydrogen-bond donors (Lipinski definition) is 1. The van der Waals surface area contributed by atoms with Gasteiger partial charge in [-0.1, -0.05) is 96.2 Å². The van der Waals surface area contributed by atoms with Crippen LogP contribution in [0.15, 0.2) is 96.2 Å². The number of nitrogens with zero attached hydrogens (tertiary/aromatic N) is 3. The number of halogens is 1. The van der Waals surface area contributed by atoms with Crippen LogP contribution in [-0.2, 0) is 18.8 Å². The Morgan fingerprint density at radius 2 is 1.53 bits per heavy atom. The highest BCUT2D eigenvalue weighted by molar-refractivity contribution is 7.98. The SMILES string of the molecule is CN(Cc1ccccc1)c1cc(Cl)nc(SCc2ccc(C(=O)NCc3ccccc3)cc2)n1. The number of anilines is 1. The zero-order valence-electron chi connectivity index (χ0n) is 18.8. The molecule has 0 spiro atoms. The predicted molar refractivity (Wildman–Crippen MR) is 139 cm³/mol. The number of aromatic nitrogens is 2. The van der Waals surface area contributed by atoms with Crippen LogP contribution in [0.3, 0.4) is 0 Å². The molecule has 1 aromatic heterocycles. The second-order valence-electron chi connectivity index (χ2n) is 7.83. The molecule has 0 aliphatic carbocycles. The second kappa shape index (κ2) is 11.7. The Morgan fingerprint density at radius 1 is 0.882 bits per heavy atom. The molecule has 3 aromatic carbocycles. The molecular weight excluding hydrogens is 464 g/mol. The Hall–Kier alpha value is -3.35.